The van der Waals surface area contributed by atoms with Crippen molar-refractivity contribution in [2.45, 2.75) is 0 Å². The molecule has 0 atom stereocenters. The maximum atomic E-state index is 14.6. The number of carbonyl (C=O) groups excluding carboxylic acids is 1. The number of H-pyrrole nitrogens is 2. The van der Waals surface area contributed by atoms with E-state index in [2.05, 4.69) is 64.6 Å². The van der Waals surface area contributed by atoms with Gasteiger partial charge in [0.05, 0.1) is 16.9 Å². The predicted molar refractivity (Wildman–Crippen MR) is 202 cm³/mol. The van der Waals surface area contributed by atoms with E-state index < -0.39 is 0 Å². The number of carbonyl (C=O) groups is 1. The van der Waals surface area contributed by atoms with Gasteiger partial charge in [0.25, 0.3) is 0 Å². The third kappa shape index (κ3) is 4.36. The monoisotopic (exact) mass is 641 g/mol. The van der Waals surface area contributed by atoms with Gasteiger partial charge in [-0.1, -0.05) is 109 Å². The largest absolute Gasteiger partial charge is 0.354 e. The van der Waals surface area contributed by atoms with Crippen LogP contribution < -0.4 is 0 Å². The standard InChI is InChI=1S/C44H27N5O/c50-44-42-39(28-16-8-3-9-17-28)35-24-22-33(46-35)37(26-12-4-1-5-13-26)31-20-21-32(45-31)38(27-14-6-2-7-15-27)34-23-25-36(47-34)40-29-18-10-11-19-30(29)48-43(44)41(40)49-42/h1-25,46-47H. The van der Waals surface area contributed by atoms with Crippen LogP contribution in [0.4, 0.5) is 0 Å². The quantitative estimate of drug-likeness (QED) is 0.201. The summed E-state index contributed by atoms with van der Waals surface area (Å²) in [6, 6.07) is 46.8. The van der Waals surface area contributed by atoms with Crippen molar-refractivity contribution in [2.24, 2.45) is 0 Å². The number of aromatic nitrogens is 5. The van der Waals surface area contributed by atoms with E-state index in [1.165, 1.54) is 0 Å². The summed E-state index contributed by atoms with van der Waals surface area (Å²) < 4.78 is 0. The molecule has 50 heavy (non-hydrogen) atoms. The van der Waals surface area contributed by atoms with Gasteiger partial charge in [-0.25, -0.2) is 15.0 Å². The molecule has 4 aromatic carbocycles. The molecule has 6 heterocycles. The van der Waals surface area contributed by atoms with Crippen molar-refractivity contribution in [3.8, 4) is 33.4 Å². The van der Waals surface area contributed by atoms with E-state index in [1.807, 2.05) is 97.1 Å². The van der Waals surface area contributed by atoms with Gasteiger partial charge in [-0.15, -0.1) is 0 Å². The van der Waals surface area contributed by atoms with Crippen LogP contribution in [0.2, 0.25) is 0 Å². The van der Waals surface area contributed by atoms with Crippen LogP contribution in [0.1, 0.15) is 27.6 Å². The summed E-state index contributed by atoms with van der Waals surface area (Å²) in [5.74, 6) is -0.205. The SMILES string of the molecule is O=C1c2nc3c1nc1ccccc1c3c1ccc([nH]1)c(-c1ccccc1)c1nc(c(-c3ccccc3)c3ccc([nH]3)c2-c2ccccc2)C=C1. The van der Waals surface area contributed by atoms with Crippen molar-refractivity contribution in [1.82, 2.24) is 24.9 Å². The number of benzene rings is 4. The molecule has 6 nitrogen and oxygen atoms in total. The number of para-hydroxylation sites is 1. The normalized spacial score (nSPS) is 12.4. The van der Waals surface area contributed by atoms with E-state index in [1.54, 1.807) is 0 Å². The van der Waals surface area contributed by atoms with Crippen molar-refractivity contribution in [3.05, 3.63) is 162 Å². The molecule has 8 aromatic rings. The highest BCUT2D eigenvalue weighted by Gasteiger charge is 2.28. The van der Waals surface area contributed by atoms with Crippen LogP contribution in [0.15, 0.2) is 140 Å². The third-order valence-corrected chi connectivity index (χ3v) is 9.55. The van der Waals surface area contributed by atoms with E-state index in [9.17, 15) is 4.79 Å². The van der Waals surface area contributed by atoms with Gasteiger partial charge in [-0.2, -0.15) is 0 Å². The van der Waals surface area contributed by atoms with Gasteiger partial charge in [0.2, 0.25) is 5.78 Å². The summed E-state index contributed by atoms with van der Waals surface area (Å²) in [5.41, 5.74) is 12.7. The summed E-state index contributed by atoms with van der Waals surface area (Å²) in [6.45, 7) is 0. The minimum atomic E-state index is -0.205. The second-order valence-corrected chi connectivity index (χ2v) is 12.5. The molecule has 6 heteroatoms. The van der Waals surface area contributed by atoms with E-state index in [-0.39, 0.29) is 5.78 Å². The number of ketones is 1. The Balaban J connectivity index is 1.46. The molecule has 2 N–H and O–H groups in total. The average molecular weight is 642 g/mol. The summed E-state index contributed by atoms with van der Waals surface area (Å²) in [5, 5.41) is 1.76. The topological polar surface area (TPSA) is 87.3 Å². The highest BCUT2D eigenvalue weighted by atomic mass is 16.1. The Kier molecular flexibility index (Phi) is 6.23. The van der Waals surface area contributed by atoms with Gasteiger partial charge in [-0.3, -0.25) is 4.79 Å². The first-order chi connectivity index (χ1) is 24.7. The Morgan fingerprint density at radius 1 is 0.420 bits per heavy atom. The first kappa shape index (κ1) is 28.1. The minimum absolute atomic E-state index is 0.205. The van der Waals surface area contributed by atoms with Crippen molar-refractivity contribution in [3.63, 3.8) is 0 Å². The van der Waals surface area contributed by atoms with Gasteiger partial charge in [-0.05, 0) is 59.2 Å². The number of nitrogens with one attached hydrogen (secondary N) is 2. The number of rotatable bonds is 3. The lowest BCUT2D eigenvalue weighted by molar-refractivity contribution is 0.103. The minimum Gasteiger partial charge on any atom is -0.354 e. The molecule has 8 bridgehead atoms. The van der Waals surface area contributed by atoms with Gasteiger partial charge < -0.3 is 9.97 Å². The van der Waals surface area contributed by atoms with Gasteiger partial charge in [0, 0.05) is 49.5 Å². The zero-order valence-electron chi connectivity index (χ0n) is 26.7. The molecule has 0 saturated heterocycles. The van der Waals surface area contributed by atoms with E-state index in [0.29, 0.717) is 16.9 Å². The summed E-state index contributed by atoms with van der Waals surface area (Å²) >= 11 is 0. The lowest BCUT2D eigenvalue weighted by Crippen LogP contribution is -2.02. The number of hydrogen-bond acceptors (Lipinski definition) is 4. The summed E-state index contributed by atoms with van der Waals surface area (Å²) in [6.07, 6.45) is 4.18. The van der Waals surface area contributed by atoms with E-state index >= 15 is 0 Å². The van der Waals surface area contributed by atoms with Crippen molar-refractivity contribution in [2.75, 3.05) is 0 Å². The van der Waals surface area contributed by atoms with Crippen LogP contribution in [0.25, 0.3) is 89.4 Å². The van der Waals surface area contributed by atoms with Crippen LogP contribution in [-0.4, -0.2) is 30.7 Å². The predicted octanol–water partition coefficient (Wildman–Crippen LogP) is 10.4. The molecule has 234 valence electrons. The second-order valence-electron chi connectivity index (χ2n) is 12.5. The lowest BCUT2D eigenvalue weighted by atomic mass is 10.0. The zero-order valence-corrected chi connectivity index (χ0v) is 26.7. The average Bonchev–Trinajstić information content (AvgIpc) is 3.99. The van der Waals surface area contributed by atoms with E-state index in [0.717, 1.165) is 83.1 Å². The molecular formula is C44H27N5O. The maximum absolute atomic E-state index is 14.6. The Hall–Kier alpha value is -6.92. The van der Waals surface area contributed by atoms with Crippen LogP contribution in [0.3, 0.4) is 0 Å². The van der Waals surface area contributed by atoms with Crippen molar-refractivity contribution in [1.29, 1.82) is 0 Å². The lowest BCUT2D eigenvalue weighted by Gasteiger charge is -2.06. The second kappa shape index (κ2) is 11.1. The zero-order chi connectivity index (χ0) is 33.2. The fraction of sp³-hybridized carbons (Fsp3) is 0. The summed E-state index contributed by atoms with van der Waals surface area (Å²) in [4.78, 5) is 37.4. The highest BCUT2D eigenvalue weighted by molar-refractivity contribution is 6.26. The Labute approximate surface area is 286 Å². The fourth-order valence-electron chi connectivity index (χ4n) is 7.32. The Bertz CT molecular complexity index is 2870. The van der Waals surface area contributed by atoms with Crippen LogP contribution in [0, 0.1) is 0 Å². The molecule has 0 fully saturated rings. The number of hydrogen-bond donors (Lipinski definition) is 2. The molecule has 0 radical (unpaired) electrons. The smallest absolute Gasteiger partial charge is 0.232 e. The third-order valence-electron chi connectivity index (χ3n) is 9.55. The number of pyridine rings is 1. The highest BCUT2D eigenvalue weighted by Crippen LogP contribution is 2.39. The summed E-state index contributed by atoms with van der Waals surface area (Å²) in [7, 11) is 0. The Morgan fingerprint density at radius 2 is 0.900 bits per heavy atom. The molecule has 0 unspecified atom stereocenters. The molecule has 0 spiro atoms. The molecule has 4 aromatic heterocycles. The van der Waals surface area contributed by atoms with Gasteiger partial charge in [0.1, 0.15) is 16.9 Å². The first-order valence-electron chi connectivity index (χ1n) is 16.6. The van der Waals surface area contributed by atoms with Crippen LogP contribution >= 0.6 is 0 Å². The van der Waals surface area contributed by atoms with Crippen molar-refractivity contribution >= 4 is 61.8 Å². The number of aromatic amines is 2. The molecule has 0 amide bonds. The molecule has 2 aliphatic rings. The molecule has 10 rings (SSSR count). The molecule has 0 saturated carbocycles. The van der Waals surface area contributed by atoms with Gasteiger partial charge in [0.15, 0.2) is 0 Å². The fourth-order valence-corrected chi connectivity index (χ4v) is 7.32. The molecule has 2 aliphatic heterocycles. The van der Waals surface area contributed by atoms with Crippen LogP contribution in [-0.2, 0) is 0 Å². The van der Waals surface area contributed by atoms with Crippen LogP contribution in [0.5, 0.6) is 0 Å². The molecular weight excluding hydrogens is 615 g/mol. The van der Waals surface area contributed by atoms with Gasteiger partial charge >= 0.3 is 0 Å². The van der Waals surface area contributed by atoms with Crippen molar-refractivity contribution < 1.29 is 4.79 Å². The first-order valence-corrected chi connectivity index (χ1v) is 16.6. The Morgan fingerprint density at radius 3 is 1.50 bits per heavy atom. The number of fused-ring (bicyclic) bond motifs is 10. The maximum Gasteiger partial charge on any atom is 0.232 e. The number of nitrogens with zero attached hydrogens (tertiary/aromatic N) is 3. The van der Waals surface area contributed by atoms with E-state index in [4.69, 9.17) is 15.0 Å². The molecule has 0 aliphatic carbocycles.